The number of β-amino-alcohol motifs (C(OH)–C–C–N with tert-alkyl or cyclic N) is 1. The van der Waals surface area contributed by atoms with Crippen molar-refractivity contribution in [2.45, 2.75) is 82.7 Å². The molecular formula is C25H43NO6Si. The molecule has 8 heteroatoms. The number of rotatable bonds is 11. The molecule has 188 valence electrons. The van der Waals surface area contributed by atoms with E-state index in [2.05, 4.69) is 41.5 Å². The second-order valence-corrected chi connectivity index (χ2v) is 15.4. The van der Waals surface area contributed by atoms with Gasteiger partial charge in [0.25, 0.3) is 0 Å². The molecule has 0 aromatic heterocycles. The molecule has 0 unspecified atom stereocenters. The van der Waals surface area contributed by atoms with Crippen molar-refractivity contribution in [3.05, 3.63) is 29.8 Å². The minimum Gasteiger partial charge on any atom is -0.494 e. The molecule has 1 heterocycles. The first-order valence-corrected chi connectivity index (χ1v) is 14.2. The number of aliphatic hydroxyl groups is 1. The van der Waals surface area contributed by atoms with E-state index in [0.717, 1.165) is 17.7 Å². The second kappa shape index (κ2) is 12.2. The average molecular weight is 482 g/mol. The van der Waals surface area contributed by atoms with Crippen LogP contribution in [0.1, 0.15) is 59.4 Å². The Kier molecular flexibility index (Phi) is 10.2. The van der Waals surface area contributed by atoms with Crippen molar-refractivity contribution >= 4 is 14.4 Å². The number of hydrogen-bond acceptors (Lipinski definition) is 5. The van der Waals surface area contributed by atoms with E-state index in [0.29, 0.717) is 29.8 Å². The molecule has 0 radical (unpaired) electrons. The fraction of sp³-hybridized carbons (Fsp3) is 0.720. The van der Waals surface area contributed by atoms with E-state index < -0.39 is 26.6 Å². The van der Waals surface area contributed by atoms with Crippen LogP contribution >= 0.6 is 0 Å². The number of nitrogens with zero attached hydrogens (tertiary/aromatic N) is 1. The maximum Gasteiger partial charge on any atom is 0.407 e. The topological polar surface area (TPSA) is 88.5 Å². The molecule has 2 rings (SSSR count). The zero-order valence-corrected chi connectivity index (χ0v) is 22.3. The fourth-order valence-corrected chi connectivity index (χ4v) is 11.1. The summed E-state index contributed by atoms with van der Waals surface area (Å²) in [4.78, 5) is 13.1. The minimum atomic E-state index is -2.29. The molecule has 1 aromatic rings. The van der Waals surface area contributed by atoms with Crippen molar-refractivity contribution < 1.29 is 28.9 Å². The third-order valence-electron chi connectivity index (χ3n) is 6.98. The number of amides is 1. The van der Waals surface area contributed by atoms with E-state index in [-0.39, 0.29) is 19.0 Å². The number of hydrogen-bond donors (Lipinski definition) is 2. The van der Waals surface area contributed by atoms with Crippen LogP contribution in [-0.4, -0.2) is 75.1 Å². The van der Waals surface area contributed by atoms with Gasteiger partial charge in [-0.3, -0.25) is 0 Å². The third-order valence-corrected chi connectivity index (χ3v) is 13.1. The summed E-state index contributed by atoms with van der Waals surface area (Å²) in [5, 5.41) is 20.7. The summed E-state index contributed by atoms with van der Waals surface area (Å²) < 4.78 is 17.9. The highest BCUT2D eigenvalue weighted by molar-refractivity contribution is 6.77. The largest absolute Gasteiger partial charge is 0.494 e. The van der Waals surface area contributed by atoms with Gasteiger partial charge in [-0.05, 0) is 34.3 Å². The standard InChI is InChI=1S/C25H43NO6Si/c1-17(2)33(18(3)4,19(5)6)32-23-16-26(25(28)29)15-22(27)24(23)20-9-11-21(12-10-20)31-14-8-13-30-7/h9-12,17-19,22-24,27H,8,13-16H2,1-7H3,(H,28,29)/t22-,23+,24+/m0/s1. The van der Waals surface area contributed by atoms with Crippen LogP contribution in [0.25, 0.3) is 0 Å². The fourth-order valence-electron chi connectivity index (χ4n) is 5.55. The van der Waals surface area contributed by atoms with Crippen molar-refractivity contribution in [2.75, 3.05) is 33.4 Å². The number of benzene rings is 1. The molecule has 1 saturated heterocycles. The Morgan fingerprint density at radius 2 is 1.61 bits per heavy atom. The van der Waals surface area contributed by atoms with E-state index in [9.17, 15) is 15.0 Å². The summed E-state index contributed by atoms with van der Waals surface area (Å²) in [5.74, 6) is 0.464. The van der Waals surface area contributed by atoms with Gasteiger partial charge in [0.15, 0.2) is 0 Å². The van der Waals surface area contributed by atoms with Crippen molar-refractivity contribution in [2.24, 2.45) is 0 Å². The van der Waals surface area contributed by atoms with Crippen LogP contribution in [0, 0.1) is 0 Å². The summed E-state index contributed by atoms with van der Waals surface area (Å²) in [6.45, 7) is 14.8. The molecule has 0 spiro atoms. The number of carbonyl (C=O) groups is 1. The highest BCUT2D eigenvalue weighted by Crippen LogP contribution is 2.45. The first-order valence-electron chi connectivity index (χ1n) is 12.1. The Morgan fingerprint density at radius 3 is 2.09 bits per heavy atom. The van der Waals surface area contributed by atoms with E-state index in [4.69, 9.17) is 13.9 Å². The van der Waals surface area contributed by atoms with E-state index >= 15 is 0 Å². The molecule has 7 nitrogen and oxygen atoms in total. The molecule has 3 atom stereocenters. The SMILES string of the molecule is COCCCOc1ccc([C@@H]2[C@@H](O)CN(C(=O)O)C[C@H]2O[Si](C(C)C)(C(C)C)C(C)C)cc1. The van der Waals surface area contributed by atoms with Crippen LogP contribution < -0.4 is 4.74 Å². The third kappa shape index (κ3) is 6.50. The van der Waals surface area contributed by atoms with Crippen LogP contribution in [0.3, 0.4) is 0 Å². The molecule has 0 saturated carbocycles. The van der Waals surface area contributed by atoms with E-state index in [1.54, 1.807) is 7.11 Å². The molecule has 2 N–H and O–H groups in total. The van der Waals surface area contributed by atoms with Gasteiger partial charge in [0.2, 0.25) is 8.32 Å². The van der Waals surface area contributed by atoms with Gasteiger partial charge in [-0.25, -0.2) is 4.79 Å². The van der Waals surface area contributed by atoms with Gasteiger partial charge in [-0.2, -0.15) is 0 Å². The smallest absolute Gasteiger partial charge is 0.407 e. The Labute approximate surface area is 200 Å². The quantitative estimate of drug-likeness (QED) is 0.338. The van der Waals surface area contributed by atoms with Crippen molar-refractivity contribution in [1.82, 2.24) is 4.90 Å². The zero-order valence-electron chi connectivity index (χ0n) is 21.3. The van der Waals surface area contributed by atoms with Gasteiger partial charge in [0.1, 0.15) is 5.75 Å². The lowest BCUT2D eigenvalue weighted by molar-refractivity contribution is -0.0190. The van der Waals surface area contributed by atoms with Gasteiger partial charge < -0.3 is 29.0 Å². The molecule has 1 aliphatic rings. The van der Waals surface area contributed by atoms with Crippen LogP contribution in [0.15, 0.2) is 24.3 Å². The second-order valence-electron chi connectivity index (χ2n) is 10.0. The first kappa shape index (κ1) is 27.6. The van der Waals surface area contributed by atoms with Crippen LogP contribution in [0.4, 0.5) is 4.79 Å². The monoisotopic (exact) mass is 481 g/mol. The molecule has 33 heavy (non-hydrogen) atoms. The number of piperidine rings is 1. The normalized spacial score (nSPS) is 21.8. The maximum atomic E-state index is 11.8. The highest BCUT2D eigenvalue weighted by atomic mass is 28.4. The first-order chi connectivity index (χ1) is 15.5. The van der Waals surface area contributed by atoms with Gasteiger partial charge >= 0.3 is 6.09 Å². The molecule has 1 aromatic carbocycles. The molecule has 1 aliphatic heterocycles. The minimum absolute atomic E-state index is 0.0781. The van der Waals surface area contributed by atoms with Gasteiger partial charge in [-0.1, -0.05) is 53.7 Å². The summed E-state index contributed by atoms with van der Waals surface area (Å²) in [5.41, 5.74) is 2.02. The molecular weight excluding hydrogens is 438 g/mol. The lowest BCUT2D eigenvalue weighted by atomic mass is 9.85. The van der Waals surface area contributed by atoms with Gasteiger partial charge in [-0.15, -0.1) is 0 Å². The summed E-state index contributed by atoms with van der Waals surface area (Å²) >= 11 is 0. The number of aliphatic hydroxyl groups excluding tert-OH is 1. The van der Waals surface area contributed by atoms with Crippen LogP contribution in [0.2, 0.25) is 16.6 Å². The van der Waals surface area contributed by atoms with E-state index in [1.807, 2.05) is 24.3 Å². The van der Waals surface area contributed by atoms with Crippen LogP contribution in [0.5, 0.6) is 5.75 Å². The van der Waals surface area contributed by atoms with Crippen LogP contribution in [-0.2, 0) is 9.16 Å². The number of likely N-dealkylation sites (tertiary alicyclic amines) is 1. The Balaban J connectivity index is 2.34. The lowest BCUT2D eigenvalue weighted by Crippen LogP contribution is -2.59. The predicted molar refractivity (Wildman–Crippen MR) is 133 cm³/mol. The van der Waals surface area contributed by atoms with Gasteiger partial charge in [0, 0.05) is 32.6 Å². The van der Waals surface area contributed by atoms with Crippen molar-refractivity contribution in [3.8, 4) is 5.75 Å². The number of carboxylic acid groups (broad SMARTS) is 1. The summed E-state index contributed by atoms with van der Waals surface area (Å²) in [7, 11) is -0.617. The Morgan fingerprint density at radius 1 is 1.03 bits per heavy atom. The summed E-state index contributed by atoms with van der Waals surface area (Å²) in [6.07, 6.45) is -1.46. The molecule has 1 amide bonds. The lowest BCUT2D eigenvalue weighted by Gasteiger charge is -2.49. The van der Waals surface area contributed by atoms with Crippen molar-refractivity contribution in [3.63, 3.8) is 0 Å². The Bertz CT molecular complexity index is 717. The highest BCUT2D eigenvalue weighted by Gasteiger charge is 2.50. The molecule has 1 fully saturated rings. The zero-order chi connectivity index (χ0) is 24.8. The molecule has 0 aliphatic carbocycles. The maximum absolute atomic E-state index is 11.8. The van der Waals surface area contributed by atoms with Gasteiger partial charge in [0.05, 0.1) is 25.4 Å². The summed E-state index contributed by atoms with van der Waals surface area (Å²) in [6, 6.07) is 7.76. The van der Waals surface area contributed by atoms with Crippen molar-refractivity contribution in [1.29, 1.82) is 0 Å². The predicted octanol–water partition coefficient (Wildman–Crippen LogP) is 5.10. The molecule has 0 bridgehead atoms. The number of ether oxygens (including phenoxy) is 2. The number of methoxy groups -OCH3 is 1. The Hall–Kier alpha value is -1.61. The van der Waals surface area contributed by atoms with E-state index in [1.165, 1.54) is 4.90 Å². The average Bonchev–Trinajstić information content (AvgIpc) is 2.74.